The highest BCUT2D eigenvalue weighted by atomic mass is 16.3. The van der Waals surface area contributed by atoms with Crippen LogP contribution in [0.4, 0.5) is 0 Å². The van der Waals surface area contributed by atoms with Crippen LogP contribution in [0.5, 0.6) is 0 Å². The Morgan fingerprint density at radius 3 is 2.48 bits per heavy atom. The Morgan fingerprint density at radius 1 is 1.22 bits per heavy atom. The zero-order chi connectivity index (χ0) is 17.0. The van der Waals surface area contributed by atoms with E-state index in [1.165, 1.54) is 11.1 Å². The maximum absolute atomic E-state index is 12.5. The minimum absolute atomic E-state index is 0.109. The van der Waals surface area contributed by atoms with Crippen LogP contribution in [0.2, 0.25) is 0 Å². The molecule has 1 amide bonds. The molecule has 1 aromatic carbocycles. The van der Waals surface area contributed by atoms with E-state index in [4.69, 9.17) is 10.1 Å². The zero-order valence-electron chi connectivity index (χ0n) is 14.6. The summed E-state index contributed by atoms with van der Waals surface area (Å²) in [6, 6.07) is 4.18. The van der Waals surface area contributed by atoms with Crippen LogP contribution in [0.25, 0.3) is 11.0 Å². The SMILES string of the molecule is CCN(CC)C(=O)Cn1c(CCCO)nc2cc(C)c(C)cc21. The molecule has 0 aliphatic carbocycles. The zero-order valence-corrected chi connectivity index (χ0v) is 14.6. The minimum Gasteiger partial charge on any atom is -0.396 e. The van der Waals surface area contributed by atoms with E-state index < -0.39 is 0 Å². The molecule has 0 aliphatic heterocycles. The first-order valence-electron chi connectivity index (χ1n) is 8.36. The van der Waals surface area contributed by atoms with E-state index in [9.17, 15) is 4.79 Å². The highest BCUT2D eigenvalue weighted by molar-refractivity contribution is 5.82. The number of hydrogen-bond donors (Lipinski definition) is 1. The van der Waals surface area contributed by atoms with Crippen molar-refractivity contribution in [2.75, 3.05) is 19.7 Å². The van der Waals surface area contributed by atoms with Crippen molar-refractivity contribution in [3.05, 3.63) is 29.1 Å². The van der Waals surface area contributed by atoms with Crippen LogP contribution in [0.1, 0.15) is 37.2 Å². The number of carbonyl (C=O) groups excluding carboxylic acids is 1. The fraction of sp³-hybridized carbons (Fsp3) is 0.556. The summed E-state index contributed by atoms with van der Waals surface area (Å²) in [6.07, 6.45) is 1.33. The van der Waals surface area contributed by atoms with Gasteiger partial charge in [0.2, 0.25) is 5.91 Å². The highest BCUT2D eigenvalue weighted by Gasteiger charge is 2.17. The average molecular weight is 317 g/mol. The number of amides is 1. The summed E-state index contributed by atoms with van der Waals surface area (Å²) >= 11 is 0. The van der Waals surface area contributed by atoms with Gasteiger partial charge in [0.1, 0.15) is 12.4 Å². The molecule has 0 radical (unpaired) electrons. The fourth-order valence-corrected chi connectivity index (χ4v) is 2.85. The Morgan fingerprint density at radius 2 is 1.87 bits per heavy atom. The van der Waals surface area contributed by atoms with Gasteiger partial charge in [0.15, 0.2) is 0 Å². The van der Waals surface area contributed by atoms with Gasteiger partial charge in [-0.25, -0.2) is 4.98 Å². The lowest BCUT2D eigenvalue weighted by Crippen LogP contribution is -2.33. The minimum atomic E-state index is 0.109. The van der Waals surface area contributed by atoms with Gasteiger partial charge >= 0.3 is 0 Å². The summed E-state index contributed by atoms with van der Waals surface area (Å²) < 4.78 is 2.01. The normalized spacial score (nSPS) is 11.2. The van der Waals surface area contributed by atoms with Gasteiger partial charge in [0.05, 0.1) is 11.0 Å². The summed E-state index contributed by atoms with van der Waals surface area (Å²) in [6.45, 7) is 10.00. The number of aryl methyl sites for hydroxylation is 3. The molecular weight excluding hydrogens is 290 g/mol. The van der Waals surface area contributed by atoms with E-state index in [1.54, 1.807) is 0 Å². The predicted molar refractivity (Wildman–Crippen MR) is 92.5 cm³/mol. The molecule has 0 fully saturated rings. The predicted octanol–water partition coefficient (Wildman–Crippen LogP) is 2.45. The topological polar surface area (TPSA) is 58.4 Å². The van der Waals surface area contributed by atoms with Crippen molar-refractivity contribution >= 4 is 16.9 Å². The van der Waals surface area contributed by atoms with Crippen LogP contribution in [0.3, 0.4) is 0 Å². The van der Waals surface area contributed by atoms with Gasteiger partial charge < -0.3 is 14.6 Å². The number of imidazole rings is 1. The van der Waals surface area contributed by atoms with Crippen molar-refractivity contribution in [3.63, 3.8) is 0 Å². The first-order chi connectivity index (χ1) is 11.0. The van der Waals surface area contributed by atoms with Gasteiger partial charge in [-0.15, -0.1) is 0 Å². The standard InChI is InChI=1S/C18H27N3O2/c1-5-20(6-2)18(23)12-21-16-11-14(4)13(3)10-15(16)19-17(21)8-7-9-22/h10-11,22H,5-9,12H2,1-4H3. The quantitative estimate of drug-likeness (QED) is 0.853. The van der Waals surface area contributed by atoms with Crippen LogP contribution in [0, 0.1) is 13.8 Å². The third-order valence-corrected chi connectivity index (χ3v) is 4.41. The molecule has 126 valence electrons. The van der Waals surface area contributed by atoms with Gasteiger partial charge in [-0.2, -0.15) is 0 Å². The molecule has 0 unspecified atom stereocenters. The van der Waals surface area contributed by atoms with Crippen molar-refractivity contribution < 1.29 is 9.90 Å². The van der Waals surface area contributed by atoms with E-state index >= 15 is 0 Å². The Labute approximate surface area is 137 Å². The van der Waals surface area contributed by atoms with E-state index in [0.29, 0.717) is 32.5 Å². The first-order valence-corrected chi connectivity index (χ1v) is 8.36. The number of aliphatic hydroxyl groups excluding tert-OH is 1. The number of rotatable bonds is 7. The number of likely N-dealkylation sites (N-methyl/N-ethyl adjacent to an activating group) is 1. The summed E-state index contributed by atoms with van der Waals surface area (Å²) in [4.78, 5) is 19.1. The molecule has 5 heteroatoms. The molecule has 23 heavy (non-hydrogen) atoms. The van der Waals surface area contributed by atoms with Crippen LogP contribution in [-0.4, -0.2) is 45.2 Å². The van der Waals surface area contributed by atoms with Crippen LogP contribution < -0.4 is 0 Å². The highest BCUT2D eigenvalue weighted by Crippen LogP contribution is 2.22. The lowest BCUT2D eigenvalue weighted by molar-refractivity contribution is -0.131. The molecule has 1 aromatic heterocycles. The molecule has 0 saturated heterocycles. The molecule has 0 spiro atoms. The van der Waals surface area contributed by atoms with Crippen molar-refractivity contribution in [2.45, 2.75) is 47.1 Å². The van der Waals surface area contributed by atoms with Crippen LogP contribution in [0.15, 0.2) is 12.1 Å². The maximum atomic E-state index is 12.5. The molecule has 1 N–H and O–H groups in total. The summed E-state index contributed by atoms with van der Waals surface area (Å²) in [5, 5.41) is 9.12. The maximum Gasteiger partial charge on any atom is 0.242 e. The average Bonchev–Trinajstić information content (AvgIpc) is 2.84. The van der Waals surface area contributed by atoms with E-state index in [1.807, 2.05) is 23.3 Å². The molecule has 1 heterocycles. The lowest BCUT2D eigenvalue weighted by atomic mass is 10.1. The molecule has 2 rings (SSSR count). The first kappa shape index (κ1) is 17.5. The lowest BCUT2D eigenvalue weighted by Gasteiger charge is -2.20. The molecule has 0 bridgehead atoms. The van der Waals surface area contributed by atoms with Crippen molar-refractivity contribution in [2.24, 2.45) is 0 Å². The Balaban J connectivity index is 2.45. The van der Waals surface area contributed by atoms with E-state index in [0.717, 1.165) is 16.9 Å². The number of aromatic nitrogens is 2. The Hall–Kier alpha value is -1.88. The van der Waals surface area contributed by atoms with Gasteiger partial charge in [0.25, 0.3) is 0 Å². The van der Waals surface area contributed by atoms with Gasteiger partial charge in [-0.05, 0) is 57.4 Å². The molecular formula is C18H27N3O2. The van der Waals surface area contributed by atoms with Crippen LogP contribution >= 0.6 is 0 Å². The van der Waals surface area contributed by atoms with Gasteiger partial charge in [0, 0.05) is 26.1 Å². The Bertz CT molecular complexity index is 687. The third-order valence-electron chi connectivity index (χ3n) is 4.41. The van der Waals surface area contributed by atoms with Crippen molar-refractivity contribution in [3.8, 4) is 0 Å². The van der Waals surface area contributed by atoms with E-state index in [2.05, 4.69) is 26.0 Å². The number of carbonyl (C=O) groups is 1. The second-order valence-corrected chi connectivity index (χ2v) is 5.93. The van der Waals surface area contributed by atoms with Gasteiger partial charge in [-0.3, -0.25) is 4.79 Å². The van der Waals surface area contributed by atoms with Crippen molar-refractivity contribution in [1.29, 1.82) is 0 Å². The number of hydrogen-bond acceptors (Lipinski definition) is 3. The van der Waals surface area contributed by atoms with Crippen molar-refractivity contribution in [1.82, 2.24) is 14.5 Å². The molecule has 5 nitrogen and oxygen atoms in total. The second kappa shape index (κ2) is 7.59. The third kappa shape index (κ3) is 3.72. The molecule has 0 atom stereocenters. The summed E-state index contributed by atoms with van der Waals surface area (Å²) in [5.74, 6) is 0.984. The number of benzene rings is 1. The Kier molecular flexibility index (Phi) is 5.77. The summed E-state index contributed by atoms with van der Waals surface area (Å²) in [5.41, 5.74) is 4.32. The molecule has 0 aliphatic rings. The van der Waals surface area contributed by atoms with Crippen LogP contribution in [-0.2, 0) is 17.8 Å². The number of aliphatic hydroxyl groups is 1. The smallest absolute Gasteiger partial charge is 0.242 e. The number of nitrogens with zero attached hydrogens (tertiary/aromatic N) is 3. The molecule has 2 aromatic rings. The monoisotopic (exact) mass is 317 g/mol. The molecule has 0 saturated carbocycles. The largest absolute Gasteiger partial charge is 0.396 e. The second-order valence-electron chi connectivity index (χ2n) is 5.93. The summed E-state index contributed by atoms with van der Waals surface area (Å²) in [7, 11) is 0. The fourth-order valence-electron chi connectivity index (χ4n) is 2.85. The van der Waals surface area contributed by atoms with E-state index in [-0.39, 0.29) is 12.5 Å². The number of fused-ring (bicyclic) bond motifs is 1. The van der Waals surface area contributed by atoms with Gasteiger partial charge in [-0.1, -0.05) is 0 Å².